The molecule has 1 N–H and O–H groups in total. The lowest BCUT2D eigenvalue weighted by Crippen LogP contribution is -2.24. The van der Waals surface area contributed by atoms with E-state index in [0.717, 1.165) is 24.7 Å². The maximum atomic E-state index is 5.97. The van der Waals surface area contributed by atoms with Gasteiger partial charge in [0, 0.05) is 5.02 Å². The van der Waals surface area contributed by atoms with Gasteiger partial charge < -0.3 is 10.2 Å². The van der Waals surface area contributed by atoms with Gasteiger partial charge in [0.1, 0.15) is 0 Å². The number of nitrogens with zero attached hydrogens (tertiary/aromatic N) is 1. The fraction of sp³-hybridized carbons (Fsp3) is 0.647. The summed E-state index contributed by atoms with van der Waals surface area (Å²) in [6.45, 7) is 7.93. The molecule has 0 bridgehead atoms. The summed E-state index contributed by atoms with van der Waals surface area (Å²) in [6, 6.07) is 8.33. The molecule has 0 amide bonds. The van der Waals surface area contributed by atoms with Crippen molar-refractivity contribution < 1.29 is 0 Å². The quantitative estimate of drug-likeness (QED) is 0.693. The first kappa shape index (κ1) is 17.5. The monoisotopic (exact) mass is 296 g/mol. The van der Waals surface area contributed by atoms with E-state index in [1.165, 1.54) is 18.4 Å². The van der Waals surface area contributed by atoms with Gasteiger partial charge in [-0.3, -0.25) is 0 Å². The van der Waals surface area contributed by atoms with Gasteiger partial charge in [-0.15, -0.1) is 0 Å². The molecule has 1 atom stereocenters. The Bertz CT molecular complexity index is 360. The Morgan fingerprint density at radius 2 is 1.75 bits per heavy atom. The lowest BCUT2D eigenvalue weighted by atomic mass is 9.86. The number of nitrogens with one attached hydrogen (secondary N) is 1. The van der Waals surface area contributed by atoms with Gasteiger partial charge in [0.25, 0.3) is 0 Å². The Labute approximate surface area is 129 Å². The average molecular weight is 297 g/mol. The Morgan fingerprint density at radius 3 is 2.30 bits per heavy atom. The third-order valence-electron chi connectivity index (χ3n) is 3.69. The van der Waals surface area contributed by atoms with E-state index in [1.54, 1.807) is 0 Å². The van der Waals surface area contributed by atoms with Gasteiger partial charge in [-0.25, -0.2) is 0 Å². The fourth-order valence-corrected chi connectivity index (χ4v) is 2.62. The van der Waals surface area contributed by atoms with Crippen molar-refractivity contribution >= 4 is 11.6 Å². The first-order chi connectivity index (χ1) is 9.50. The second-order valence-corrected chi connectivity index (χ2v) is 6.53. The zero-order chi connectivity index (χ0) is 15.0. The molecular formula is C17H29ClN2. The van der Waals surface area contributed by atoms with Gasteiger partial charge >= 0.3 is 0 Å². The first-order valence-electron chi connectivity index (χ1n) is 7.61. The minimum Gasteiger partial charge on any atom is -0.317 e. The molecule has 0 fully saturated rings. The van der Waals surface area contributed by atoms with Gasteiger partial charge in [-0.1, -0.05) is 37.6 Å². The van der Waals surface area contributed by atoms with E-state index < -0.39 is 0 Å². The third kappa shape index (κ3) is 6.74. The predicted molar refractivity (Wildman–Crippen MR) is 89.7 cm³/mol. The summed E-state index contributed by atoms with van der Waals surface area (Å²) in [6.07, 6.45) is 2.39. The Balaban J connectivity index is 2.35. The van der Waals surface area contributed by atoms with Crippen LogP contribution in [0.1, 0.15) is 38.2 Å². The van der Waals surface area contributed by atoms with Crippen molar-refractivity contribution in [2.24, 2.45) is 5.92 Å². The molecule has 0 heterocycles. The summed E-state index contributed by atoms with van der Waals surface area (Å²) in [5, 5.41) is 4.37. The highest BCUT2D eigenvalue weighted by molar-refractivity contribution is 6.30. The molecule has 0 saturated carbocycles. The van der Waals surface area contributed by atoms with Crippen LogP contribution in [0.3, 0.4) is 0 Å². The van der Waals surface area contributed by atoms with E-state index in [1.807, 2.05) is 12.1 Å². The molecule has 0 saturated heterocycles. The maximum Gasteiger partial charge on any atom is 0.0406 e. The molecule has 1 aromatic rings. The van der Waals surface area contributed by atoms with Crippen LogP contribution in [0.5, 0.6) is 0 Å². The minimum atomic E-state index is 0.605. The van der Waals surface area contributed by atoms with E-state index in [4.69, 9.17) is 11.6 Å². The second-order valence-electron chi connectivity index (χ2n) is 6.10. The van der Waals surface area contributed by atoms with Crippen molar-refractivity contribution in [1.29, 1.82) is 0 Å². The summed E-state index contributed by atoms with van der Waals surface area (Å²) in [5.41, 5.74) is 1.40. The summed E-state index contributed by atoms with van der Waals surface area (Å²) in [5.74, 6) is 1.26. The Morgan fingerprint density at radius 1 is 1.10 bits per heavy atom. The Hall–Kier alpha value is -0.570. The van der Waals surface area contributed by atoms with Crippen molar-refractivity contribution in [1.82, 2.24) is 10.2 Å². The molecular weight excluding hydrogens is 268 g/mol. The molecule has 0 aliphatic carbocycles. The predicted octanol–water partition coefficient (Wildman–Crippen LogP) is 4.01. The smallest absolute Gasteiger partial charge is 0.0406 e. The molecule has 3 heteroatoms. The number of benzene rings is 1. The summed E-state index contributed by atoms with van der Waals surface area (Å²) in [7, 11) is 4.24. The lowest BCUT2D eigenvalue weighted by molar-refractivity contribution is 0.390. The topological polar surface area (TPSA) is 15.3 Å². The molecule has 20 heavy (non-hydrogen) atoms. The lowest BCUT2D eigenvalue weighted by Gasteiger charge is -2.22. The molecule has 1 rings (SSSR count). The van der Waals surface area contributed by atoms with E-state index in [2.05, 4.69) is 50.3 Å². The minimum absolute atomic E-state index is 0.605. The highest BCUT2D eigenvalue weighted by Crippen LogP contribution is 2.28. The van der Waals surface area contributed by atoms with E-state index in [-0.39, 0.29) is 0 Å². The van der Waals surface area contributed by atoms with Gasteiger partial charge in [0.15, 0.2) is 0 Å². The highest BCUT2D eigenvalue weighted by atomic mass is 35.5. The number of rotatable bonds is 9. The molecule has 114 valence electrons. The average Bonchev–Trinajstić information content (AvgIpc) is 2.38. The fourth-order valence-electron chi connectivity index (χ4n) is 2.50. The van der Waals surface area contributed by atoms with Crippen LogP contribution in [0.15, 0.2) is 24.3 Å². The van der Waals surface area contributed by atoms with Crippen LogP contribution < -0.4 is 5.32 Å². The third-order valence-corrected chi connectivity index (χ3v) is 3.95. The van der Waals surface area contributed by atoms with Gasteiger partial charge in [0.05, 0.1) is 0 Å². The molecule has 0 unspecified atom stereocenters. The molecule has 0 radical (unpaired) electrons. The van der Waals surface area contributed by atoms with Crippen LogP contribution in [-0.4, -0.2) is 38.6 Å². The SMILES string of the molecule is CC(C)[C@@H](CCNCCCN(C)C)c1ccc(Cl)cc1. The summed E-state index contributed by atoms with van der Waals surface area (Å²) >= 11 is 5.97. The van der Waals surface area contributed by atoms with Crippen LogP contribution in [0, 0.1) is 5.92 Å². The molecule has 0 aliphatic rings. The normalized spacial score (nSPS) is 13.2. The zero-order valence-corrected chi connectivity index (χ0v) is 14.1. The van der Waals surface area contributed by atoms with Gasteiger partial charge in [-0.2, -0.15) is 0 Å². The van der Waals surface area contributed by atoms with Crippen molar-refractivity contribution in [3.05, 3.63) is 34.9 Å². The van der Waals surface area contributed by atoms with Gasteiger partial charge in [0.2, 0.25) is 0 Å². The van der Waals surface area contributed by atoms with Gasteiger partial charge in [-0.05, 0) is 76.1 Å². The van der Waals surface area contributed by atoms with Crippen molar-refractivity contribution in [3.63, 3.8) is 0 Å². The molecule has 0 aromatic heterocycles. The van der Waals surface area contributed by atoms with Crippen molar-refractivity contribution in [2.75, 3.05) is 33.7 Å². The van der Waals surface area contributed by atoms with Crippen LogP contribution >= 0.6 is 11.6 Å². The van der Waals surface area contributed by atoms with Crippen molar-refractivity contribution in [3.8, 4) is 0 Å². The molecule has 0 aliphatic heterocycles. The van der Waals surface area contributed by atoms with Crippen LogP contribution in [0.4, 0.5) is 0 Å². The van der Waals surface area contributed by atoms with Crippen LogP contribution in [0.25, 0.3) is 0 Å². The highest BCUT2D eigenvalue weighted by Gasteiger charge is 2.15. The molecule has 2 nitrogen and oxygen atoms in total. The number of halogens is 1. The second kappa shape index (κ2) is 9.38. The van der Waals surface area contributed by atoms with E-state index in [9.17, 15) is 0 Å². The summed E-state index contributed by atoms with van der Waals surface area (Å²) in [4.78, 5) is 2.23. The standard InChI is InChI=1S/C17H29ClN2/c1-14(2)17(15-6-8-16(18)9-7-15)10-12-19-11-5-13-20(3)4/h6-9,14,17,19H,5,10-13H2,1-4H3/t17-/m1/s1. The van der Waals surface area contributed by atoms with E-state index >= 15 is 0 Å². The first-order valence-corrected chi connectivity index (χ1v) is 7.99. The van der Waals surface area contributed by atoms with E-state index in [0.29, 0.717) is 11.8 Å². The Kier molecular flexibility index (Phi) is 8.20. The molecule has 0 spiro atoms. The van der Waals surface area contributed by atoms with Crippen molar-refractivity contribution in [2.45, 2.75) is 32.6 Å². The van der Waals surface area contributed by atoms with Crippen LogP contribution in [0.2, 0.25) is 5.02 Å². The summed E-state index contributed by atoms with van der Waals surface area (Å²) < 4.78 is 0. The van der Waals surface area contributed by atoms with Crippen LogP contribution in [-0.2, 0) is 0 Å². The number of hydrogen-bond acceptors (Lipinski definition) is 2. The number of hydrogen-bond donors (Lipinski definition) is 1. The zero-order valence-electron chi connectivity index (χ0n) is 13.3. The maximum absolute atomic E-state index is 5.97. The largest absolute Gasteiger partial charge is 0.317 e. The molecule has 1 aromatic carbocycles.